The second kappa shape index (κ2) is 6.15. The molecule has 1 fully saturated rings. The summed E-state index contributed by atoms with van der Waals surface area (Å²) in [5.74, 6) is -0.189. The molecule has 0 aliphatic carbocycles. The topological polar surface area (TPSA) is 32.3 Å². The third kappa shape index (κ3) is 3.77. The lowest BCUT2D eigenvalue weighted by molar-refractivity contribution is -0.122. The van der Waals surface area contributed by atoms with Gasteiger partial charge in [0.05, 0.1) is 6.04 Å². The normalized spacial score (nSPS) is 21.3. The number of hydrogen-bond acceptors (Lipinski definition) is 2. The quantitative estimate of drug-likeness (QED) is 0.906. The van der Waals surface area contributed by atoms with E-state index in [2.05, 4.69) is 17.3 Å². The van der Waals surface area contributed by atoms with Gasteiger partial charge in [0.1, 0.15) is 5.82 Å². The van der Waals surface area contributed by atoms with Crippen molar-refractivity contribution in [2.24, 2.45) is 0 Å². The molecule has 2 rings (SSSR count). The predicted molar refractivity (Wildman–Crippen MR) is 73.2 cm³/mol. The summed E-state index contributed by atoms with van der Waals surface area (Å²) in [6.07, 6.45) is 2.80. The van der Waals surface area contributed by atoms with Crippen molar-refractivity contribution in [3.63, 3.8) is 0 Å². The third-order valence-corrected chi connectivity index (χ3v) is 3.84. The highest BCUT2D eigenvalue weighted by atomic mass is 19.1. The first-order valence-corrected chi connectivity index (χ1v) is 6.81. The lowest BCUT2D eigenvalue weighted by atomic mass is 10.1. The van der Waals surface area contributed by atoms with Crippen LogP contribution in [0.1, 0.15) is 37.8 Å². The smallest absolute Gasteiger partial charge is 0.222 e. The number of halogens is 1. The maximum atomic E-state index is 12.8. The second-order valence-electron chi connectivity index (χ2n) is 5.32. The van der Waals surface area contributed by atoms with Crippen LogP contribution in [0, 0.1) is 5.82 Å². The van der Waals surface area contributed by atoms with Gasteiger partial charge in [0.25, 0.3) is 0 Å². The number of nitrogens with zero attached hydrogens (tertiary/aromatic N) is 1. The summed E-state index contributed by atoms with van der Waals surface area (Å²) in [4.78, 5) is 14.2. The Morgan fingerprint density at radius 2 is 2.16 bits per heavy atom. The largest absolute Gasteiger partial charge is 0.350 e. The van der Waals surface area contributed by atoms with Crippen LogP contribution < -0.4 is 5.32 Å². The minimum Gasteiger partial charge on any atom is -0.350 e. The van der Waals surface area contributed by atoms with Gasteiger partial charge in [0, 0.05) is 12.5 Å². The summed E-state index contributed by atoms with van der Waals surface area (Å²) in [5, 5.41) is 2.98. The van der Waals surface area contributed by atoms with Crippen LogP contribution in [0.4, 0.5) is 4.39 Å². The summed E-state index contributed by atoms with van der Waals surface area (Å²) in [6, 6.07) is 6.54. The lowest BCUT2D eigenvalue weighted by Crippen LogP contribution is -2.34. The fourth-order valence-corrected chi connectivity index (χ4v) is 2.59. The fraction of sp³-hybridized carbons (Fsp3) is 0.533. The van der Waals surface area contributed by atoms with Crippen LogP contribution in [-0.2, 0) is 4.79 Å². The molecule has 1 aliphatic rings. The first-order chi connectivity index (χ1) is 9.06. The molecule has 1 N–H and O–H groups in total. The molecule has 1 saturated heterocycles. The van der Waals surface area contributed by atoms with Crippen LogP contribution in [0.25, 0.3) is 0 Å². The highest BCUT2D eigenvalue weighted by Gasteiger charge is 2.23. The maximum absolute atomic E-state index is 12.8. The molecule has 1 aromatic carbocycles. The Balaban J connectivity index is 1.86. The van der Waals surface area contributed by atoms with Gasteiger partial charge in [-0.15, -0.1) is 0 Å². The summed E-state index contributed by atoms with van der Waals surface area (Å²) in [6.45, 7) is 3.00. The Hall–Kier alpha value is -1.42. The van der Waals surface area contributed by atoms with Crippen LogP contribution in [0.5, 0.6) is 0 Å². The standard InChI is InChI=1S/C15H21FN2O/c1-11(12-5-7-13(16)8-6-12)17-15(19)10-14-4-3-9-18(14)2/h5-8,11,14H,3-4,9-10H2,1-2H3,(H,17,19)/t11-,14+/m0/s1. The number of rotatable bonds is 4. The summed E-state index contributed by atoms with van der Waals surface area (Å²) < 4.78 is 12.8. The van der Waals surface area contributed by atoms with Crippen molar-refractivity contribution >= 4 is 5.91 Å². The average Bonchev–Trinajstić information content (AvgIpc) is 2.75. The molecule has 4 heteroatoms. The molecular formula is C15H21FN2O. The van der Waals surface area contributed by atoms with Gasteiger partial charge in [0.15, 0.2) is 0 Å². The van der Waals surface area contributed by atoms with Crippen LogP contribution >= 0.6 is 0 Å². The van der Waals surface area contributed by atoms with Gasteiger partial charge >= 0.3 is 0 Å². The third-order valence-electron chi connectivity index (χ3n) is 3.84. The van der Waals surface area contributed by atoms with Crippen molar-refractivity contribution in [3.05, 3.63) is 35.6 Å². The van der Waals surface area contributed by atoms with Crippen LogP contribution in [0.15, 0.2) is 24.3 Å². The van der Waals surface area contributed by atoms with E-state index in [0.29, 0.717) is 12.5 Å². The van der Waals surface area contributed by atoms with Crippen LogP contribution in [0.2, 0.25) is 0 Å². The van der Waals surface area contributed by atoms with Crippen molar-refractivity contribution in [2.45, 2.75) is 38.3 Å². The van der Waals surface area contributed by atoms with E-state index in [1.165, 1.54) is 18.6 Å². The van der Waals surface area contributed by atoms with Gasteiger partial charge in [-0.1, -0.05) is 12.1 Å². The molecule has 0 saturated carbocycles. The summed E-state index contributed by atoms with van der Waals surface area (Å²) in [7, 11) is 2.06. The van der Waals surface area contributed by atoms with Crippen LogP contribution in [-0.4, -0.2) is 30.4 Å². The molecule has 0 unspecified atom stereocenters. The van der Waals surface area contributed by atoms with Crippen molar-refractivity contribution in [1.82, 2.24) is 10.2 Å². The Morgan fingerprint density at radius 3 is 2.74 bits per heavy atom. The summed E-state index contributed by atoms with van der Waals surface area (Å²) in [5.41, 5.74) is 0.925. The Morgan fingerprint density at radius 1 is 1.47 bits per heavy atom. The number of likely N-dealkylation sites (tertiary alicyclic amines) is 1. The van der Waals surface area contributed by atoms with E-state index in [0.717, 1.165) is 18.5 Å². The second-order valence-corrected chi connectivity index (χ2v) is 5.32. The summed E-state index contributed by atoms with van der Waals surface area (Å²) >= 11 is 0. The molecular weight excluding hydrogens is 243 g/mol. The van der Waals surface area contributed by atoms with Gasteiger partial charge in [-0.3, -0.25) is 4.79 Å². The number of carbonyl (C=O) groups is 1. The van der Waals surface area contributed by atoms with E-state index >= 15 is 0 Å². The molecule has 1 amide bonds. The maximum Gasteiger partial charge on any atom is 0.222 e. The van der Waals surface area contributed by atoms with Crippen LogP contribution in [0.3, 0.4) is 0 Å². The fourth-order valence-electron chi connectivity index (χ4n) is 2.59. The van der Waals surface area contributed by atoms with Crippen molar-refractivity contribution in [1.29, 1.82) is 0 Å². The van der Waals surface area contributed by atoms with Crippen molar-refractivity contribution in [3.8, 4) is 0 Å². The van der Waals surface area contributed by atoms with E-state index in [1.54, 1.807) is 12.1 Å². The molecule has 1 aliphatic heterocycles. The molecule has 2 atom stereocenters. The minimum absolute atomic E-state index is 0.0653. The Kier molecular flexibility index (Phi) is 4.53. The zero-order valence-electron chi connectivity index (χ0n) is 11.5. The zero-order valence-corrected chi connectivity index (χ0v) is 11.5. The van der Waals surface area contributed by atoms with Crippen molar-refractivity contribution in [2.75, 3.05) is 13.6 Å². The van der Waals surface area contributed by atoms with Gasteiger partial charge in [-0.2, -0.15) is 0 Å². The SMILES string of the molecule is C[C@H](NC(=O)C[C@H]1CCCN1C)c1ccc(F)cc1. The molecule has 0 aromatic heterocycles. The molecule has 3 nitrogen and oxygen atoms in total. The van der Waals surface area contributed by atoms with E-state index in [4.69, 9.17) is 0 Å². The highest BCUT2D eigenvalue weighted by molar-refractivity contribution is 5.77. The number of benzene rings is 1. The number of hydrogen-bond donors (Lipinski definition) is 1. The number of amides is 1. The number of carbonyl (C=O) groups excluding carboxylic acids is 1. The van der Waals surface area contributed by atoms with Crippen molar-refractivity contribution < 1.29 is 9.18 Å². The first kappa shape index (κ1) is 14.0. The minimum atomic E-state index is -0.255. The van der Waals surface area contributed by atoms with E-state index < -0.39 is 0 Å². The number of nitrogens with one attached hydrogen (secondary N) is 1. The molecule has 104 valence electrons. The molecule has 1 aromatic rings. The zero-order chi connectivity index (χ0) is 13.8. The van der Waals surface area contributed by atoms with Gasteiger partial charge in [-0.25, -0.2) is 4.39 Å². The Labute approximate surface area is 113 Å². The molecule has 0 spiro atoms. The van der Waals surface area contributed by atoms with E-state index in [1.807, 2.05) is 6.92 Å². The van der Waals surface area contributed by atoms with Gasteiger partial charge in [0.2, 0.25) is 5.91 Å². The first-order valence-electron chi connectivity index (χ1n) is 6.81. The average molecular weight is 264 g/mol. The monoisotopic (exact) mass is 264 g/mol. The Bertz CT molecular complexity index is 432. The molecule has 19 heavy (non-hydrogen) atoms. The molecule has 0 radical (unpaired) electrons. The molecule has 1 heterocycles. The van der Waals surface area contributed by atoms with Gasteiger partial charge < -0.3 is 10.2 Å². The predicted octanol–water partition coefficient (Wildman–Crippen LogP) is 2.49. The van der Waals surface area contributed by atoms with Gasteiger partial charge in [-0.05, 0) is 51.1 Å². The molecule has 0 bridgehead atoms. The lowest BCUT2D eigenvalue weighted by Gasteiger charge is -2.20. The highest BCUT2D eigenvalue weighted by Crippen LogP contribution is 2.19. The van der Waals surface area contributed by atoms with E-state index in [-0.39, 0.29) is 17.8 Å². The van der Waals surface area contributed by atoms with E-state index in [9.17, 15) is 9.18 Å².